The first kappa shape index (κ1) is 50.0. The minimum Gasteiger partial charge on any atom is -0.494 e. The van der Waals surface area contributed by atoms with Crippen LogP contribution >= 0.6 is 22.9 Å². The van der Waals surface area contributed by atoms with Crippen molar-refractivity contribution in [3.63, 3.8) is 0 Å². The minimum absolute atomic E-state index is 0.146. The number of rotatable bonds is 18. The number of carbonyl (C=O) groups is 4. The first-order valence-corrected chi connectivity index (χ1v) is 23.7. The number of nitrogens with zero attached hydrogens (tertiary/aromatic N) is 2. The topological polar surface area (TPSA) is 182 Å². The van der Waals surface area contributed by atoms with Gasteiger partial charge in [0.05, 0.1) is 35.9 Å². The molecule has 352 valence electrons. The molecule has 1 saturated carbocycles. The molecule has 1 aliphatic carbocycles. The molecule has 1 aliphatic heterocycles. The van der Waals surface area contributed by atoms with Gasteiger partial charge in [-0.05, 0) is 89.7 Å². The van der Waals surface area contributed by atoms with E-state index in [9.17, 15) is 29.5 Å². The van der Waals surface area contributed by atoms with Gasteiger partial charge in [0.25, 0.3) is 5.91 Å². The average Bonchev–Trinajstić information content (AvgIpc) is 3.88. The Balaban J connectivity index is 0.897. The number of aliphatic hydroxyl groups is 1. The van der Waals surface area contributed by atoms with Gasteiger partial charge in [0.15, 0.2) is 0 Å². The van der Waals surface area contributed by atoms with Crippen LogP contribution in [0.15, 0.2) is 78.2 Å². The van der Waals surface area contributed by atoms with Gasteiger partial charge in [-0.1, -0.05) is 84.3 Å². The normalized spacial score (nSPS) is 20.3. The summed E-state index contributed by atoms with van der Waals surface area (Å²) in [5.41, 5.74) is 3.00. The summed E-state index contributed by atoms with van der Waals surface area (Å²) in [4.78, 5) is 55.8. The molecule has 3 aromatic carbocycles. The predicted octanol–water partition coefficient (Wildman–Crippen LogP) is 7.42. The number of likely N-dealkylation sites (tertiary alicyclic amines) is 1. The van der Waals surface area contributed by atoms with Crippen molar-refractivity contribution in [2.45, 2.75) is 112 Å². The Morgan fingerprint density at radius 2 is 1.64 bits per heavy atom. The number of hydrogen-bond donors (Lipinski definition) is 5. The minimum atomic E-state index is -0.669. The summed E-state index contributed by atoms with van der Waals surface area (Å²) in [6.07, 6.45) is -0.0453. The number of nitrogens with one attached hydrogen (secondary N) is 4. The summed E-state index contributed by atoms with van der Waals surface area (Å²) >= 11 is 7.93. The Bertz CT molecular complexity index is 2390. The molecule has 1 saturated heterocycles. The Morgan fingerprint density at radius 3 is 2.26 bits per heavy atom. The molecule has 5 N–H and O–H groups in total. The van der Waals surface area contributed by atoms with Crippen molar-refractivity contribution in [2.24, 2.45) is 16.2 Å². The monoisotopic (exact) mass is 938 g/mol. The molecular formula is C51H63ClN6O7S. The first-order valence-electron chi connectivity index (χ1n) is 22.5. The highest BCUT2D eigenvalue weighted by Gasteiger charge is 2.64. The molecular weight excluding hydrogens is 876 g/mol. The molecule has 6 rings (SSSR count). The van der Waals surface area contributed by atoms with Crippen LogP contribution in [0.25, 0.3) is 10.4 Å². The molecule has 1 aromatic heterocycles. The number of hydrogen-bond acceptors (Lipinski definition) is 10. The average molecular weight is 940 g/mol. The summed E-state index contributed by atoms with van der Waals surface area (Å²) in [7, 11) is 0. The number of benzene rings is 3. The van der Waals surface area contributed by atoms with Gasteiger partial charge < -0.3 is 35.8 Å². The Morgan fingerprint density at radius 1 is 0.955 bits per heavy atom. The molecule has 0 bridgehead atoms. The fourth-order valence-corrected chi connectivity index (χ4v) is 10.5. The van der Waals surface area contributed by atoms with Crippen molar-refractivity contribution < 1.29 is 33.8 Å². The van der Waals surface area contributed by atoms with Gasteiger partial charge in [0.2, 0.25) is 17.7 Å². The molecule has 2 heterocycles. The number of amides is 4. The van der Waals surface area contributed by atoms with Crippen LogP contribution < -0.4 is 30.7 Å². The quantitative estimate of drug-likeness (QED) is 0.0635. The molecule has 0 radical (unpaired) electrons. The lowest BCUT2D eigenvalue weighted by molar-refractivity contribution is -0.164. The van der Waals surface area contributed by atoms with Crippen LogP contribution in [0.4, 0.5) is 0 Å². The van der Waals surface area contributed by atoms with E-state index >= 15 is 0 Å². The summed E-state index contributed by atoms with van der Waals surface area (Å²) in [5, 5.41) is 34.2. The Labute approximate surface area is 397 Å². The number of ether oxygens (including phenoxy) is 2. The van der Waals surface area contributed by atoms with E-state index in [1.165, 1.54) is 10.4 Å². The molecule has 4 amide bonds. The van der Waals surface area contributed by atoms with E-state index in [1.807, 2.05) is 65.5 Å². The lowest BCUT2D eigenvalue weighted by Gasteiger charge is -2.63. The molecule has 3 atom stereocenters. The largest absolute Gasteiger partial charge is 0.494 e. The molecule has 2 fully saturated rings. The van der Waals surface area contributed by atoms with Gasteiger partial charge in [-0.2, -0.15) is 5.26 Å². The fraction of sp³-hybridized carbons (Fsp3) is 0.471. The third-order valence-electron chi connectivity index (χ3n) is 12.8. The highest BCUT2D eigenvalue weighted by molar-refractivity contribution is 7.13. The maximum absolute atomic E-state index is 13.4. The molecule has 1 unspecified atom stereocenters. The zero-order valence-corrected chi connectivity index (χ0v) is 40.7. The zero-order valence-electron chi connectivity index (χ0n) is 39.1. The zero-order chi connectivity index (χ0) is 48.0. The van der Waals surface area contributed by atoms with Crippen LogP contribution in [0.1, 0.15) is 94.8 Å². The standard InChI is InChI=1S/C51H63ClN6O7S/c1-31-21-23-66-44(31)33-13-11-32(12-14-33)27-55-46(63)40-24-36(59)29-58(40)30-41(49(2,3)4)56-43(61)28-54-42(60)10-9-22-64-37-18-15-34(16-19-37)45(62)57-47-50(5,6)48(51(47,7)8)65-38-20-17-35(26-53)39(52)25-38/h11-21,23,25,36,40-41,47-48,59H,9-10,22,24,27-30H2,1-8H3,(H,54,60)(H,55,63)(H,56,61)(H,57,62)/t36-,40+,41?,47-,48-/m1/s1. The van der Waals surface area contributed by atoms with Crippen LogP contribution in [-0.4, -0.2) is 90.2 Å². The van der Waals surface area contributed by atoms with E-state index in [-0.39, 0.29) is 66.8 Å². The van der Waals surface area contributed by atoms with E-state index in [0.29, 0.717) is 60.1 Å². The molecule has 4 aromatic rings. The molecule has 15 heteroatoms. The van der Waals surface area contributed by atoms with E-state index in [1.54, 1.807) is 53.8 Å². The maximum atomic E-state index is 13.4. The van der Waals surface area contributed by atoms with Crippen LogP contribution in [0, 0.1) is 34.5 Å². The van der Waals surface area contributed by atoms with Crippen molar-refractivity contribution in [1.82, 2.24) is 26.2 Å². The summed E-state index contributed by atoms with van der Waals surface area (Å²) in [6, 6.07) is 23.0. The maximum Gasteiger partial charge on any atom is 0.251 e. The van der Waals surface area contributed by atoms with Crippen LogP contribution in [0.3, 0.4) is 0 Å². The highest BCUT2D eigenvalue weighted by Crippen LogP contribution is 2.55. The number of aliphatic hydroxyl groups excluding tert-OH is 1. The number of aryl methyl sites for hydroxylation is 1. The van der Waals surface area contributed by atoms with Gasteiger partial charge in [-0.25, -0.2) is 0 Å². The smallest absolute Gasteiger partial charge is 0.251 e. The molecule has 0 spiro atoms. The van der Waals surface area contributed by atoms with Crippen molar-refractivity contribution >= 4 is 46.6 Å². The number of halogens is 1. The summed E-state index contributed by atoms with van der Waals surface area (Å²) in [5.74, 6) is 0.0801. The van der Waals surface area contributed by atoms with Gasteiger partial charge in [0.1, 0.15) is 23.7 Å². The Kier molecular flexibility index (Phi) is 15.9. The van der Waals surface area contributed by atoms with Crippen LogP contribution in [-0.2, 0) is 20.9 Å². The van der Waals surface area contributed by atoms with Crippen LogP contribution in [0.5, 0.6) is 11.5 Å². The summed E-state index contributed by atoms with van der Waals surface area (Å²) in [6.45, 7) is 17.4. The number of β-amino-alcohol motifs (C(OH)–C–C–N with tert-alkyl or cyclic N) is 1. The number of carbonyl (C=O) groups excluding carboxylic acids is 4. The van der Waals surface area contributed by atoms with Crippen molar-refractivity contribution in [3.05, 3.63) is 105 Å². The third kappa shape index (κ3) is 12.1. The number of thiophene rings is 1. The first-order chi connectivity index (χ1) is 31.2. The second-order valence-electron chi connectivity index (χ2n) is 19.7. The fourth-order valence-electron chi connectivity index (χ4n) is 9.32. The second-order valence-corrected chi connectivity index (χ2v) is 21.1. The predicted molar refractivity (Wildman–Crippen MR) is 257 cm³/mol. The van der Waals surface area contributed by atoms with Crippen molar-refractivity contribution in [1.29, 1.82) is 5.26 Å². The number of nitriles is 1. The lowest BCUT2D eigenvalue weighted by atomic mass is 9.49. The SMILES string of the molecule is Cc1ccsc1-c1ccc(CNC(=O)[C@@H]2C[C@@H](O)CN2CC(NC(=O)CNC(=O)CCCOc2ccc(C(=O)N[C@H]3C(C)(C)[C@H](Oc4ccc(C#N)c(Cl)c4)C3(C)C)cc2)C(C)(C)C)cc1. The molecule has 66 heavy (non-hydrogen) atoms. The lowest BCUT2D eigenvalue weighted by Crippen LogP contribution is -2.74. The van der Waals surface area contributed by atoms with E-state index < -0.39 is 23.0 Å². The highest BCUT2D eigenvalue weighted by atomic mass is 35.5. The van der Waals surface area contributed by atoms with Crippen molar-refractivity contribution in [3.8, 4) is 28.0 Å². The molecule has 2 aliphatic rings. The van der Waals surface area contributed by atoms with Crippen molar-refractivity contribution in [2.75, 3.05) is 26.2 Å². The van der Waals surface area contributed by atoms with Gasteiger partial charge in [-0.15, -0.1) is 11.3 Å². The second kappa shape index (κ2) is 21.0. The van der Waals surface area contributed by atoms with Gasteiger partial charge in [-0.3, -0.25) is 24.1 Å². The third-order valence-corrected chi connectivity index (χ3v) is 14.2. The van der Waals surface area contributed by atoms with Gasteiger partial charge in [0, 0.05) is 65.5 Å². The Hall–Kier alpha value is -5.46. The van der Waals surface area contributed by atoms with E-state index in [2.05, 4.69) is 57.8 Å². The van der Waals surface area contributed by atoms with E-state index in [4.69, 9.17) is 21.1 Å². The van der Waals surface area contributed by atoms with E-state index in [0.717, 1.165) is 11.1 Å². The van der Waals surface area contributed by atoms with Gasteiger partial charge >= 0.3 is 0 Å². The van der Waals surface area contributed by atoms with Crippen LogP contribution in [0.2, 0.25) is 5.02 Å². The summed E-state index contributed by atoms with van der Waals surface area (Å²) < 4.78 is 12.2. The molecule has 13 nitrogen and oxygen atoms in total.